The average Bonchev–Trinajstić information content (AvgIpc) is 2.38. The van der Waals surface area contributed by atoms with Crippen molar-refractivity contribution in [3.05, 3.63) is 66.0 Å². The zero-order valence-corrected chi connectivity index (χ0v) is 9.19. The van der Waals surface area contributed by atoms with Crippen LogP contribution < -0.4 is 4.74 Å². The Kier molecular flexibility index (Phi) is 3.77. The summed E-state index contributed by atoms with van der Waals surface area (Å²) in [5.41, 5.74) is 0.921. The highest BCUT2D eigenvalue weighted by atomic mass is 19.1. The fourth-order valence-corrected chi connectivity index (χ4v) is 1.34. The van der Waals surface area contributed by atoms with Crippen LogP contribution in [0.25, 0.3) is 0 Å². The van der Waals surface area contributed by atoms with Gasteiger partial charge in [0.15, 0.2) is 11.6 Å². The van der Waals surface area contributed by atoms with Crippen LogP contribution >= 0.6 is 0 Å². The first-order valence-corrected chi connectivity index (χ1v) is 5.27. The van der Waals surface area contributed by atoms with Crippen LogP contribution in [0.4, 0.5) is 4.39 Å². The summed E-state index contributed by atoms with van der Waals surface area (Å²) in [6, 6.07) is 15.9. The zero-order chi connectivity index (χ0) is 11.9. The molecule has 0 amide bonds. The van der Waals surface area contributed by atoms with Crippen molar-refractivity contribution in [3.63, 3.8) is 0 Å². The van der Waals surface area contributed by atoms with Gasteiger partial charge >= 0.3 is 0 Å². The predicted molar refractivity (Wildman–Crippen MR) is 65.2 cm³/mol. The monoisotopic (exact) mass is 226 g/mol. The van der Waals surface area contributed by atoms with Crippen LogP contribution in [0, 0.1) is 17.7 Å². The number of halogens is 1. The summed E-state index contributed by atoms with van der Waals surface area (Å²) in [5.74, 6) is 5.64. The van der Waals surface area contributed by atoms with Crippen molar-refractivity contribution in [1.29, 1.82) is 0 Å². The molecule has 2 heteroatoms. The number of hydrogen-bond donors (Lipinski definition) is 0. The van der Waals surface area contributed by atoms with Crippen LogP contribution in [0.2, 0.25) is 0 Å². The van der Waals surface area contributed by atoms with Crippen molar-refractivity contribution in [3.8, 4) is 17.6 Å². The van der Waals surface area contributed by atoms with E-state index >= 15 is 0 Å². The van der Waals surface area contributed by atoms with Crippen molar-refractivity contribution < 1.29 is 9.13 Å². The number of hydrogen-bond acceptors (Lipinski definition) is 1. The minimum absolute atomic E-state index is 0.176. The van der Waals surface area contributed by atoms with Crippen LogP contribution in [0.15, 0.2) is 54.6 Å². The lowest BCUT2D eigenvalue weighted by Crippen LogP contribution is -1.96. The molecule has 2 aromatic rings. The summed E-state index contributed by atoms with van der Waals surface area (Å²) in [6.07, 6.45) is 0. The zero-order valence-electron chi connectivity index (χ0n) is 9.19. The Labute approximate surface area is 99.9 Å². The second kappa shape index (κ2) is 5.72. The van der Waals surface area contributed by atoms with E-state index in [1.807, 2.05) is 30.3 Å². The largest absolute Gasteiger partial charge is 0.478 e. The van der Waals surface area contributed by atoms with Gasteiger partial charge in [0.05, 0.1) is 0 Å². The third kappa shape index (κ3) is 3.35. The number of rotatable bonds is 2. The van der Waals surface area contributed by atoms with Gasteiger partial charge in [0, 0.05) is 5.56 Å². The van der Waals surface area contributed by atoms with Gasteiger partial charge in [0.2, 0.25) is 0 Å². The topological polar surface area (TPSA) is 9.23 Å². The van der Waals surface area contributed by atoms with Gasteiger partial charge in [-0.2, -0.15) is 0 Å². The Morgan fingerprint density at radius 2 is 1.65 bits per heavy atom. The third-order valence-electron chi connectivity index (χ3n) is 2.14. The Balaban J connectivity index is 1.93. The van der Waals surface area contributed by atoms with E-state index in [4.69, 9.17) is 4.74 Å². The smallest absolute Gasteiger partial charge is 0.165 e. The van der Waals surface area contributed by atoms with E-state index in [0.717, 1.165) is 5.56 Å². The molecule has 0 saturated carbocycles. The molecule has 0 aliphatic carbocycles. The maximum absolute atomic E-state index is 13.2. The van der Waals surface area contributed by atoms with Gasteiger partial charge in [-0.3, -0.25) is 0 Å². The quantitative estimate of drug-likeness (QED) is 0.714. The lowest BCUT2D eigenvalue weighted by atomic mass is 10.2. The van der Waals surface area contributed by atoms with E-state index in [9.17, 15) is 4.39 Å². The molecule has 0 unspecified atom stereocenters. The molecule has 0 aliphatic rings. The molecule has 17 heavy (non-hydrogen) atoms. The molecule has 0 aliphatic heterocycles. The first kappa shape index (κ1) is 11.2. The summed E-state index contributed by atoms with van der Waals surface area (Å²) in [5, 5.41) is 0. The predicted octanol–water partition coefficient (Wildman–Crippen LogP) is 3.26. The third-order valence-corrected chi connectivity index (χ3v) is 2.14. The highest BCUT2D eigenvalue weighted by molar-refractivity contribution is 5.34. The van der Waals surface area contributed by atoms with Crippen LogP contribution in [0.1, 0.15) is 5.56 Å². The van der Waals surface area contributed by atoms with E-state index in [1.54, 1.807) is 18.2 Å². The Morgan fingerprint density at radius 1 is 0.941 bits per heavy atom. The fourth-order valence-electron chi connectivity index (χ4n) is 1.34. The first-order valence-electron chi connectivity index (χ1n) is 5.27. The highest BCUT2D eigenvalue weighted by Crippen LogP contribution is 2.14. The van der Waals surface area contributed by atoms with Crippen molar-refractivity contribution in [2.45, 2.75) is 0 Å². The van der Waals surface area contributed by atoms with E-state index in [1.165, 1.54) is 6.07 Å². The summed E-state index contributed by atoms with van der Waals surface area (Å²) in [7, 11) is 0. The van der Waals surface area contributed by atoms with Gasteiger partial charge in [0.1, 0.15) is 6.61 Å². The van der Waals surface area contributed by atoms with Gasteiger partial charge in [-0.1, -0.05) is 42.2 Å². The van der Waals surface area contributed by atoms with Crippen LogP contribution in [-0.2, 0) is 0 Å². The average molecular weight is 226 g/mol. The molecule has 0 saturated heterocycles. The number of benzene rings is 2. The Bertz CT molecular complexity index is 538. The molecule has 0 fully saturated rings. The van der Waals surface area contributed by atoms with Gasteiger partial charge in [0.25, 0.3) is 0 Å². The summed E-state index contributed by atoms with van der Waals surface area (Å²) >= 11 is 0. The van der Waals surface area contributed by atoms with Gasteiger partial charge in [-0.05, 0) is 24.3 Å². The van der Waals surface area contributed by atoms with E-state index in [-0.39, 0.29) is 18.2 Å². The van der Waals surface area contributed by atoms with E-state index < -0.39 is 0 Å². The second-order valence-electron chi connectivity index (χ2n) is 3.39. The molecule has 0 aromatic heterocycles. The summed E-state index contributed by atoms with van der Waals surface area (Å²) in [4.78, 5) is 0. The first-order chi connectivity index (χ1) is 8.36. The second-order valence-corrected chi connectivity index (χ2v) is 3.39. The Hall–Kier alpha value is -2.27. The van der Waals surface area contributed by atoms with E-state index in [2.05, 4.69) is 11.8 Å². The van der Waals surface area contributed by atoms with Crippen LogP contribution in [-0.4, -0.2) is 6.61 Å². The summed E-state index contributed by atoms with van der Waals surface area (Å²) < 4.78 is 18.4. The molecule has 84 valence electrons. The SMILES string of the molecule is Fc1ccccc1OCC#Cc1ccccc1. The minimum Gasteiger partial charge on any atom is -0.478 e. The number of para-hydroxylation sites is 1. The molecule has 2 aromatic carbocycles. The van der Waals surface area contributed by atoms with Gasteiger partial charge < -0.3 is 4.74 Å². The van der Waals surface area contributed by atoms with Crippen molar-refractivity contribution in [2.24, 2.45) is 0 Å². The molecular formula is C15H11FO. The molecular weight excluding hydrogens is 215 g/mol. The maximum Gasteiger partial charge on any atom is 0.165 e. The van der Waals surface area contributed by atoms with E-state index in [0.29, 0.717) is 0 Å². The highest BCUT2D eigenvalue weighted by Gasteiger charge is 1.98. The standard InChI is InChI=1S/C15H11FO/c16-14-10-4-5-11-15(14)17-12-6-9-13-7-2-1-3-8-13/h1-5,7-8,10-11H,12H2. The fraction of sp³-hybridized carbons (Fsp3) is 0.0667. The molecule has 0 bridgehead atoms. The molecule has 1 nitrogen and oxygen atoms in total. The van der Waals surface area contributed by atoms with Crippen LogP contribution in [0.5, 0.6) is 5.75 Å². The van der Waals surface area contributed by atoms with Crippen molar-refractivity contribution >= 4 is 0 Å². The van der Waals surface area contributed by atoms with Gasteiger partial charge in [-0.25, -0.2) is 4.39 Å². The normalized spacial score (nSPS) is 9.24. The molecule has 0 N–H and O–H groups in total. The molecule has 0 radical (unpaired) electrons. The maximum atomic E-state index is 13.2. The van der Waals surface area contributed by atoms with Crippen LogP contribution in [0.3, 0.4) is 0 Å². The molecule has 0 atom stereocenters. The summed E-state index contributed by atoms with van der Waals surface area (Å²) in [6.45, 7) is 0.176. The number of ether oxygens (including phenoxy) is 1. The lowest BCUT2D eigenvalue weighted by molar-refractivity contribution is 0.348. The van der Waals surface area contributed by atoms with Crippen molar-refractivity contribution in [1.82, 2.24) is 0 Å². The van der Waals surface area contributed by atoms with Gasteiger partial charge in [-0.15, -0.1) is 0 Å². The lowest BCUT2D eigenvalue weighted by Gasteiger charge is -2.01. The molecule has 0 spiro atoms. The van der Waals surface area contributed by atoms with Crippen molar-refractivity contribution in [2.75, 3.05) is 6.61 Å². The Morgan fingerprint density at radius 3 is 2.41 bits per heavy atom. The minimum atomic E-state index is -0.367. The molecule has 0 heterocycles. The molecule has 2 rings (SSSR count).